The molecule has 0 heterocycles. The van der Waals surface area contributed by atoms with E-state index in [0.717, 1.165) is 42.5 Å². The minimum absolute atomic E-state index is 0.0107. The Balaban J connectivity index is 1.73. The minimum atomic E-state index is -0.228. The van der Waals surface area contributed by atoms with Gasteiger partial charge in [0.25, 0.3) is 0 Å². The lowest BCUT2D eigenvalue weighted by atomic mass is 10.1. The zero-order valence-electron chi connectivity index (χ0n) is 15.9. The number of aryl methyl sites for hydroxylation is 2. The van der Waals surface area contributed by atoms with Gasteiger partial charge in [0.1, 0.15) is 0 Å². The molecule has 0 atom stereocenters. The second kappa shape index (κ2) is 9.36. The predicted octanol–water partition coefficient (Wildman–Crippen LogP) is 2.40. The Morgan fingerprint density at radius 3 is 2.35 bits per heavy atom. The number of hydrogen-bond acceptors (Lipinski definition) is 3. The molecule has 0 bridgehead atoms. The van der Waals surface area contributed by atoms with E-state index in [9.17, 15) is 14.4 Å². The number of nitrogens with zero attached hydrogens (tertiary/aromatic N) is 1. The van der Waals surface area contributed by atoms with E-state index in [2.05, 4.69) is 10.6 Å². The number of amides is 3. The van der Waals surface area contributed by atoms with Crippen molar-refractivity contribution in [2.75, 3.05) is 25.5 Å². The first-order chi connectivity index (χ1) is 12.4. The van der Waals surface area contributed by atoms with Crippen LogP contribution in [-0.2, 0) is 14.4 Å². The summed E-state index contributed by atoms with van der Waals surface area (Å²) in [5.41, 5.74) is 2.77. The summed E-state index contributed by atoms with van der Waals surface area (Å²) in [6, 6.07) is 5.81. The average molecular weight is 359 g/mol. The van der Waals surface area contributed by atoms with Gasteiger partial charge < -0.3 is 15.5 Å². The van der Waals surface area contributed by atoms with Gasteiger partial charge in [0.05, 0.1) is 6.54 Å². The first-order valence-electron chi connectivity index (χ1n) is 9.26. The normalized spacial score (nSPS) is 14.1. The van der Waals surface area contributed by atoms with Crippen molar-refractivity contribution < 1.29 is 14.4 Å². The molecule has 1 aromatic rings. The Morgan fingerprint density at radius 2 is 1.73 bits per heavy atom. The summed E-state index contributed by atoms with van der Waals surface area (Å²) < 4.78 is 0. The van der Waals surface area contributed by atoms with E-state index in [-0.39, 0.29) is 36.6 Å². The lowest BCUT2D eigenvalue weighted by molar-refractivity contribution is -0.133. The molecular weight excluding hydrogens is 330 g/mol. The first kappa shape index (κ1) is 19.9. The quantitative estimate of drug-likeness (QED) is 0.785. The Labute approximate surface area is 155 Å². The maximum absolute atomic E-state index is 12.2. The van der Waals surface area contributed by atoms with Crippen LogP contribution in [0.15, 0.2) is 18.2 Å². The number of benzene rings is 1. The van der Waals surface area contributed by atoms with Crippen molar-refractivity contribution in [3.8, 4) is 0 Å². The highest BCUT2D eigenvalue weighted by Gasteiger charge is 2.22. The molecule has 0 aromatic heterocycles. The molecule has 0 aliphatic heterocycles. The SMILES string of the molecule is Cc1cccc(C)c1NC(=O)CN(C)C(=O)CCNC(=O)C1CCCC1. The highest BCUT2D eigenvalue weighted by molar-refractivity contribution is 5.95. The minimum Gasteiger partial charge on any atom is -0.355 e. The van der Waals surface area contributed by atoms with Crippen LogP contribution < -0.4 is 10.6 Å². The van der Waals surface area contributed by atoms with E-state index in [1.165, 1.54) is 4.90 Å². The zero-order valence-corrected chi connectivity index (χ0v) is 15.9. The van der Waals surface area contributed by atoms with Crippen LogP contribution in [0.4, 0.5) is 5.69 Å². The molecule has 26 heavy (non-hydrogen) atoms. The molecule has 1 aromatic carbocycles. The van der Waals surface area contributed by atoms with Crippen molar-refractivity contribution in [1.82, 2.24) is 10.2 Å². The molecule has 1 aliphatic rings. The van der Waals surface area contributed by atoms with Gasteiger partial charge in [-0.2, -0.15) is 0 Å². The van der Waals surface area contributed by atoms with Crippen LogP contribution in [0.1, 0.15) is 43.2 Å². The number of carbonyl (C=O) groups is 3. The first-order valence-corrected chi connectivity index (χ1v) is 9.26. The van der Waals surface area contributed by atoms with Crippen molar-refractivity contribution in [3.63, 3.8) is 0 Å². The molecule has 2 rings (SSSR count). The Morgan fingerprint density at radius 1 is 1.12 bits per heavy atom. The van der Waals surface area contributed by atoms with Crippen molar-refractivity contribution in [1.29, 1.82) is 0 Å². The molecule has 1 aliphatic carbocycles. The molecule has 0 saturated heterocycles. The highest BCUT2D eigenvalue weighted by Crippen LogP contribution is 2.24. The smallest absolute Gasteiger partial charge is 0.243 e. The molecular formula is C20H29N3O3. The van der Waals surface area contributed by atoms with Crippen LogP contribution in [0, 0.1) is 19.8 Å². The van der Waals surface area contributed by atoms with Crippen LogP contribution in [0.2, 0.25) is 0 Å². The third kappa shape index (κ3) is 5.58. The Bertz CT molecular complexity index is 646. The Hall–Kier alpha value is -2.37. The average Bonchev–Trinajstić information content (AvgIpc) is 3.12. The maximum atomic E-state index is 12.2. The Kier molecular flexibility index (Phi) is 7.18. The van der Waals surface area contributed by atoms with Gasteiger partial charge in [-0.3, -0.25) is 14.4 Å². The fourth-order valence-corrected chi connectivity index (χ4v) is 3.31. The van der Waals surface area contributed by atoms with Crippen LogP contribution in [0.25, 0.3) is 0 Å². The van der Waals surface area contributed by atoms with E-state index >= 15 is 0 Å². The van der Waals surface area contributed by atoms with Crippen LogP contribution in [-0.4, -0.2) is 42.8 Å². The van der Waals surface area contributed by atoms with Gasteiger partial charge >= 0.3 is 0 Å². The van der Waals surface area contributed by atoms with Crippen LogP contribution in [0.5, 0.6) is 0 Å². The number of anilines is 1. The summed E-state index contributed by atoms with van der Waals surface area (Å²) in [4.78, 5) is 37.7. The number of rotatable bonds is 7. The van der Waals surface area contributed by atoms with Gasteiger partial charge in [-0.15, -0.1) is 0 Å². The summed E-state index contributed by atoms with van der Waals surface area (Å²) in [5.74, 6) is -0.238. The maximum Gasteiger partial charge on any atom is 0.243 e. The molecule has 0 unspecified atom stereocenters. The monoisotopic (exact) mass is 359 g/mol. The van der Waals surface area contributed by atoms with Gasteiger partial charge in [0.2, 0.25) is 17.7 Å². The summed E-state index contributed by atoms with van der Waals surface area (Å²) in [6.45, 7) is 4.18. The lowest BCUT2D eigenvalue weighted by Crippen LogP contribution is -2.38. The highest BCUT2D eigenvalue weighted by atomic mass is 16.2. The van der Waals surface area contributed by atoms with E-state index in [4.69, 9.17) is 0 Å². The van der Waals surface area contributed by atoms with Gasteiger partial charge in [-0.05, 0) is 37.8 Å². The van der Waals surface area contributed by atoms with E-state index in [1.54, 1.807) is 7.05 Å². The van der Waals surface area contributed by atoms with Gasteiger partial charge in [0.15, 0.2) is 0 Å². The molecule has 1 fully saturated rings. The molecule has 0 spiro atoms. The van der Waals surface area contributed by atoms with Gasteiger partial charge in [-0.25, -0.2) is 0 Å². The molecule has 3 amide bonds. The number of hydrogen-bond donors (Lipinski definition) is 2. The third-order valence-electron chi connectivity index (χ3n) is 4.92. The van der Waals surface area contributed by atoms with Crippen molar-refractivity contribution in [2.45, 2.75) is 46.0 Å². The molecule has 0 radical (unpaired) electrons. The third-order valence-corrected chi connectivity index (χ3v) is 4.92. The van der Waals surface area contributed by atoms with E-state index in [0.29, 0.717) is 6.54 Å². The summed E-state index contributed by atoms with van der Waals surface area (Å²) in [7, 11) is 1.60. The van der Waals surface area contributed by atoms with Crippen molar-refractivity contribution in [2.24, 2.45) is 5.92 Å². The lowest BCUT2D eigenvalue weighted by Gasteiger charge is -2.18. The standard InChI is InChI=1S/C20H29N3O3/c1-14-7-6-8-15(2)19(14)22-17(24)13-23(3)18(25)11-12-21-20(26)16-9-4-5-10-16/h6-8,16H,4-5,9-13H2,1-3H3,(H,21,26)(H,22,24). The number of nitrogens with one attached hydrogen (secondary N) is 2. The topological polar surface area (TPSA) is 78.5 Å². The largest absolute Gasteiger partial charge is 0.355 e. The fraction of sp³-hybridized carbons (Fsp3) is 0.550. The zero-order chi connectivity index (χ0) is 19.1. The van der Waals surface area contributed by atoms with Crippen LogP contribution >= 0.6 is 0 Å². The van der Waals surface area contributed by atoms with E-state index in [1.807, 2.05) is 32.0 Å². The molecule has 142 valence electrons. The summed E-state index contributed by atoms with van der Waals surface area (Å²) in [6.07, 6.45) is 4.30. The molecule has 1 saturated carbocycles. The molecule has 6 nitrogen and oxygen atoms in total. The van der Waals surface area contributed by atoms with Gasteiger partial charge in [0, 0.05) is 31.6 Å². The number of likely N-dealkylation sites (N-methyl/N-ethyl adjacent to an activating group) is 1. The summed E-state index contributed by atoms with van der Waals surface area (Å²) in [5, 5.41) is 5.70. The molecule has 6 heteroatoms. The summed E-state index contributed by atoms with van der Waals surface area (Å²) >= 11 is 0. The number of para-hydroxylation sites is 1. The molecule has 2 N–H and O–H groups in total. The van der Waals surface area contributed by atoms with Crippen molar-refractivity contribution in [3.05, 3.63) is 29.3 Å². The van der Waals surface area contributed by atoms with E-state index < -0.39 is 0 Å². The predicted molar refractivity (Wildman–Crippen MR) is 102 cm³/mol. The fourth-order valence-electron chi connectivity index (χ4n) is 3.31. The van der Waals surface area contributed by atoms with Crippen LogP contribution in [0.3, 0.4) is 0 Å². The second-order valence-corrected chi connectivity index (χ2v) is 7.09. The second-order valence-electron chi connectivity index (χ2n) is 7.09. The van der Waals surface area contributed by atoms with Gasteiger partial charge in [-0.1, -0.05) is 31.0 Å². The van der Waals surface area contributed by atoms with Crippen molar-refractivity contribution >= 4 is 23.4 Å². The number of carbonyl (C=O) groups excluding carboxylic acids is 3.